The molecule has 1 saturated heterocycles. The fourth-order valence-electron chi connectivity index (χ4n) is 5.22. The molecule has 5 rings (SSSR count). The summed E-state index contributed by atoms with van der Waals surface area (Å²) in [6, 6.07) is 16.7. The molecule has 2 N–H and O–H groups in total. The number of ether oxygens (including phenoxy) is 1. The Hall–Kier alpha value is -3.85. The van der Waals surface area contributed by atoms with E-state index in [-0.39, 0.29) is 24.5 Å². The van der Waals surface area contributed by atoms with Crippen LogP contribution in [0.1, 0.15) is 48.5 Å². The zero-order chi connectivity index (χ0) is 26.7. The average Bonchev–Trinajstić information content (AvgIpc) is 2.91. The molecule has 0 amide bonds. The minimum Gasteiger partial charge on any atom is -0.484 e. The minimum atomic E-state index is -0.789. The highest BCUT2D eigenvalue weighted by molar-refractivity contribution is 5.40. The molecule has 1 spiro atoms. The SMILES string of the molecule is Fc1ccc(CN2CCC3(CCC(Oc4cccnc4)c4ccccc43)CC2)cc1F.O=CO.O=CO. The summed E-state index contributed by atoms with van der Waals surface area (Å²) in [5.74, 6) is -0.755. The van der Waals surface area contributed by atoms with Crippen LogP contribution in [0.3, 0.4) is 0 Å². The summed E-state index contributed by atoms with van der Waals surface area (Å²) in [7, 11) is 0. The molecule has 0 saturated carbocycles. The van der Waals surface area contributed by atoms with E-state index >= 15 is 0 Å². The summed E-state index contributed by atoms with van der Waals surface area (Å²) < 4.78 is 33.1. The van der Waals surface area contributed by atoms with Gasteiger partial charge in [0.05, 0.1) is 6.20 Å². The van der Waals surface area contributed by atoms with Gasteiger partial charge in [0, 0.05) is 12.7 Å². The number of carbonyl (C=O) groups is 2. The van der Waals surface area contributed by atoms with Crippen molar-refractivity contribution in [3.05, 3.63) is 95.3 Å². The van der Waals surface area contributed by atoms with Crippen LogP contribution >= 0.6 is 0 Å². The van der Waals surface area contributed by atoms with Gasteiger partial charge in [0.2, 0.25) is 0 Å². The molecule has 1 fully saturated rings. The van der Waals surface area contributed by atoms with Gasteiger partial charge in [0.15, 0.2) is 11.6 Å². The number of fused-ring (bicyclic) bond motifs is 2. The van der Waals surface area contributed by atoms with E-state index in [1.807, 2.05) is 12.1 Å². The van der Waals surface area contributed by atoms with Gasteiger partial charge in [-0.15, -0.1) is 0 Å². The summed E-state index contributed by atoms with van der Waals surface area (Å²) in [6.45, 7) is 2.05. The van der Waals surface area contributed by atoms with Crippen LogP contribution in [0, 0.1) is 11.6 Å². The van der Waals surface area contributed by atoms with E-state index in [1.54, 1.807) is 18.5 Å². The molecule has 37 heavy (non-hydrogen) atoms. The fourth-order valence-corrected chi connectivity index (χ4v) is 5.22. The van der Waals surface area contributed by atoms with E-state index < -0.39 is 11.6 Å². The summed E-state index contributed by atoms with van der Waals surface area (Å²) in [6.07, 6.45) is 7.77. The van der Waals surface area contributed by atoms with Crippen LogP contribution in [0.15, 0.2) is 67.0 Å². The van der Waals surface area contributed by atoms with Crippen LogP contribution in [-0.2, 0) is 21.5 Å². The van der Waals surface area contributed by atoms with Crippen LogP contribution in [-0.4, -0.2) is 46.1 Å². The predicted molar refractivity (Wildman–Crippen MR) is 133 cm³/mol. The van der Waals surface area contributed by atoms with Gasteiger partial charge in [-0.25, -0.2) is 8.78 Å². The zero-order valence-electron chi connectivity index (χ0n) is 20.3. The lowest BCUT2D eigenvalue weighted by molar-refractivity contribution is -0.123. The number of carboxylic acid groups (broad SMARTS) is 2. The number of aromatic nitrogens is 1. The minimum absolute atomic E-state index is 0.0474. The number of benzene rings is 2. The Balaban J connectivity index is 0.000000580. The van der Waals surface area contributed by atoms with Gasteiger partial charge in [-0.05, 0) is 85.1 Å². The second-order valence-corrected chi connectivity index (χ2v) is 8.94. The highest BCUT2D eigenvalue weighted by Crippen LogP contribution is 2.49. The zero-order valence-corrected chi connectivity index (χ0v) is 20.3. The largest absolute Gasteiger partial charge is 0.484 e. The van der Waals surface area contributed by atoms with Crippen LogP contribution in [0.2, 0.25) is 0 Å². The lowest BCUT2D eigenvalue weighted by Gasteiger charge is -2.47. The molecule has 1 unspecified atom stereocenters. The van der Waals surface area contributed by atoms with Crippen LogP contribution < -0.4 is 4.74 Å². The number of rotatable bonds is 4. The third kappa shape index (κ3) is 7.10. The molecule has 2 heterocycles. The number of piperidine rings is 1. The topological polar surface area (TPSA) is 100.0 Å². The van der Waals surface area contributed by atoms with Crippen LogP contribution in [0.4, 0.5) is 8.78 Å². The first kappa shape index (κ1) is 27.7. The van der Waals surface area contributed by atoms with Crippen molar-refractivity contribution in [3.63, 3.8) is 0 Å². The molecule has 1 aliphatic carbocycles. The smallest absolute Gasteiger partial charge is 0.290 e. The van der Waals surface area contributed by atoms with E-state index in [1.165, 1.54) is 23.3 Å². The third-order valence-corrected chi connectivity index (χ3v) is 6.88. The van der Waals surface area contributed by atoms with Crippen LogP contribution in [0.5, 0.6) is 5.75 Å². The lowest BCUT2D eigenvalue weighted by atomic mass is 9.64. The number of nitrogens with zero attached hydrogens (tertiary/aromatic N) is 2. The van der Waals surface area contributed by atoms with Crippen molar-refractivity contribution in [1.29, 1.82) is 0 Å². The summed E-state index contributed by atoms with van der Waals surface area (Å²) in [5.41, 5.74) is 3.67. The molecular formula is C28H30F2N2O5. The van der Waals surface area contributed by atoms with Crippen molar-refractivity contribution in [2.45, 2.75) is 43.7 Å². The highest BCUT2D eigenvalue weighted by atomic mass is 19.2. The van der Waals surface area contributed by atoms with Crippen molar-refractivity contribution in [1.82, 2.24) is 9.88 Å². The van der Waals surface area contributed by atoms with E-state index in [0.717, 1.165) is 50.1 Å². The van der Waals surface area contributed by atoms with Crippen molar-refractivity contribution >= 4 is 12.9 Å². The number of hydrogen-bond acceptors (Lipinski definition) is 5. The molecule has 7 nitrogen and oxygen atoms in total. The van der Waals surface area contributed by atoms with Gasteiger partial charge in [0.1, 0.15) is 11.9 Å². The number of halogens is 2. The van der Waals surface area contributed by atoms with Gasteiger partial charge in [0.25, 0.3) is 12.9 Å². The van der Waals surface area contributed by atoms with E-state index in [4.69, 9.17) is 24.5 Å². The molecule has 3 aromatic rings. The molecule has 0 radical (unpaired) electrons. The Kier molecular flexibility index (Phi) is 10.1. The molecule has 1 aromatic heterocycles. The standard InChI is InChI=1S/C26H26F2N2O.2CH2O2/c27-23-8-7-19(16-24(23)28)18-30-14-11-26(12-15-30)10-9-25(21-5-1-2-6-22(21)26)31-20-4-3-13-29-17-20;2*2-1-3/h1-8,13,16-17,25H,9-12,14-15,18H2;2*1H,(H,2,3). The van der Waals surface area contributed by atoms with E-state index in [2.05, 4.69) is 34.1 Å². The maximum Gasteiger partial charge on any atom is 0.290 e. The van der Waals surface area contributed by atoms with E-state index in [9.17, 15) is 8.78 Å². The Morgan fingerprint density at radius 1 is 0.973 bits per heavy atom. The van der Waals surface area contributed by atoms with Crippen molar-refractivity contribution < 1.29 is 33.3 Å². The second-order valence-electron chi connectivity index (χ2n) is 8.94. The third-order valence-electron chi connectivity index (χ3n) is 6.88. The lowest BCUT2D eigenvalue weighted by Crippen LogP contribution is -2.44. The average molecular weight is 513 g/mol. The Bertz CT molecular complexity index is 1150. The van der Waals surface area contributed by atoms with Crippen LogP contribution in [0.25, 0.3) is 0 Å². The maximum absolute atomic E-state index is 13.6. The summed E-state index contributed by atoms with van der Waals surface area (Å²) in [5, 5.41) is 13.8. The molecular weight excluding hydrogens is 482 g/mol. The Labute approximate surface area is 214 Å². The number of pyridine rings is 1. The first-order valence-corrected chi connectivity index (χ1v) is 11.9. The molecule has 1 aliphatic heterocycles. The normalized spacial score (nSPS) is 17.7. The first-order chi connectivity index (χ1) is 18.0. The maximum atomic E-state index is 13.6. The molecule has 1 atom stereocenters. The van der Waals surface area contributed by atoms with Crippen molar-refractivity contribution in [2.75, 3.05) is 13.1 Å². The van der Waals surface area contributed by atoms with Gasteiger partial charge in [-0.1, -0.05) is 30.3 Å². The quantitative estimate of drug-likeness (QED) is 0.463. The van der Waals surface area contributed by atoms with Gasteiger partial charge in [-0.3, -0.25) is 19.5 Å². The molecule has 0 bridgehead atoms. The van der Waals surface area contributed by atoms with Gasteiger partial charge >= 0.3 is 0 Å². The number of likely N-dealkylation sites (tertiary alicyclic amines) is 1. The first-order valence-electron chi connectivity index (χ1n) is 11.9. The Morgan fingerprint density at radius 2 is 1.68 bits per heavy atom. The summed E-state index contributed by atoms with van der Waals surface area (Å²) in [4.78, 5) is 23.2. The highest BCUT2D eigenvalue weighted by Gasteiger charge is 2.42. The Morgan fingerprint density at radius 3 is 2.32 bits per heavy atom. The van der Waals surface area contributed by atoms with Gasteiger partial charge in [-0.2, -0.15) is 0 Å². The summed E-state index contributed by atoms with van der Waals surface area (Å²) >= 11 is 0. The monoisotopic (exact) mass is 512 g/mol. The van der Waals surface area contributed by atoms with Crippen molar-refractivity contribution in [3.8, 4) is 5.75 Å². The second kappa shape index (κ2) is 13.5. The number of hydrogen-bond donors (Lipinski definition) is 2. The van der Waals surface area contributed by atoms with E-state index in [0.29, 0.717) is 6.54 Å². The fraction of sp³-hybridized carbons (Fsp3) is 0.321. The van der Waals surface area contributed by atoms with Crippen molar-refractivity contribution in [2.24, 2.45) is 0 Å². The van der Waals surface area contributed by atoms with Gasteiger partial charge < -0.3 is 14.9 Å². The predicted octanol–water partition coefficient (Wildman–Crippen LogP) is 5.21. The molecule has 9 heteroatoms. The molecule has 2 aliphatic rings. The molecule has 2 aromatic carbocycles. The molecule has 196 valence electrons.